The first-order valence-electron chi connectivity index (χ1n) is 45.9. The number of benzene rings is 5. The summed E-state index contributed by atoms with van der Waals surface area (Å²) in [5, 5.41) is 39.3. The molecule has 29 nitrogen and oxygen atoms in total. The maximum absolute atomic E-state index is 12.7. The molecule has 2 aromatic heterocycles. The molecule has 7 aromatic rings. The molecular weight excluding hydrogens is 1910 g/mol. The Labute approximate surface area is 849 Å². The summed E-state index contributed by atoms with van der Waals surface area (Å²) in [6.45, 7) is 44.4. The van der Waals surface area contributed by atoms with Crippen LogP contribution in [0.5, 0.6) is 0 Å². The fourth-order valence-corrected chi connectivity index (χ4v) is 21.0. The van der Waals surface area contributed by atoms with Gasteiger partial charge in [0.1, 0.15) is 63.7 Å². The van der Waals surface area contributed by atoms with Gasteiger partial charge in [0, 0.05) is 74.9 Å². The van der Waals surface area contributed by atoms with E-state index in [4.69, 9.17) is 43.8 Å². The van der Waals surface area contributed by atoms with Crippen LogP contribution in [0.4, 0.5) is 21.2 Å². The molecule has 11 heterocycles. The summed E-state index contributed by atoms with van der Waals surface area (Å²) in [6.07, 6.45) is 7.35. The van der Waals surface area contributed by atoms with Crippen molar-refractivity contribution in [3.05, 3.63) is 232 Å². The Kier molecular flexibility index (Phi) is 48.6. The molecule has 4 amide bonds. The second-order valence-electron chi connectivity index (χ2n) is 37.2. The normalized spacial score (nSPS) is 25.5. The molecule has 6 N–H and O–H groups in total. The molecule has 9 saturated heterocycles. The van der Waals surface area contributed by atoms with Crippen LogP contribution < -0.4 is 51.3 Å². The van der Waals surface area contributed by atoms with E-state index in [0.29, 0.717) is 56.4 Å². The molecule has 34 heteroatoms. The largest absolute Gasteiger partial charge is 2.00 e. The van der Waals surface area contributed by atoms with Gasteiger partial charge in [0.05, 0.1) is 42.5 Å². The van der Waals surface area contributed by atoms with Crippen LogP contribution in [0.3, 0.4) is 0 Å². The molecule has 750 valence electrons. The molecule has 136 heavy (non-hydrogen) atoms. The average Bonchev–Trinajstić information content (AvgIpc) is 1.56. The number of carbonyl (C=O) groups is 5. The number of aliphatic hydroxyl groups is 3. The first kappa shape index (κ1) is 121. The minimum Gasteiger partial charge on any atom is -1.00 e. The molecule has 9 aliphatic heterocycles. The Morgan fingerprint density at radius 3 is 1.32 bits per heavy atom. The predicted molar refractivity (Wildman–Crippen MR) is 540 cm³/mol. The van der Waals surface area contributed by atoms with Crippen molar-refractivity contribution < 1.29 is 95.8 Å². The number of ether oxygens (including phenoxy) is 4. The molecule has 0 aliphatic carbocycles. The first-order chi connectivity index (χ1) is 61.6. The molecular formula is C102H154ClIMgN12O17P2. The number of carbonyl (C=O) groups excluding carboxylic acids is 5. The van der Waals surface area contributed by atoms with Crippen LogP contribution in [0, 0.1) is 19.3 Å². The summed E-state index contributed by atoms with van der Waals surface area (Å²) in [5.74, 6) is -0.314. The number of nitrogens with one attached hydrogen (secondary N) is 3. The van der Waals surface area contributed by atoms with Crippen molar-refractivity contribution in [3.8, 4) is 0 Å². The van der Waals surface area contributed by atoms with Crippen LogP contribution in [0.15, 0.2) is 186 Å². The van der Waals surface area contributed by atoms with Crippen LogP contribution in [0.1, 0.15) is 257 Å². The van der Waals surface area contributed by atoms with Gasteiger partial charge in [0.25, 0.3) is 8.53 Å². The van der Waals surface area contributed by atoms with Gasteiger partial charge in [-0.1, -0.05) is 236 Å². The van der Waals surface area contributed by atoms with Crippen molar-refractivity contribution in [1.29, 1.82) is 0 Å². The van der Waals surface area contributed by atoms with E-state index in [2.05, 4.69) is 118 Å². The Morgan fingerprint density at radius 1 is 0.559 bits per heavy atom. The maximum atomic E-state index is 12.7. The van der Waals surface area contributed by atoms with E-state index in [1.807, 2.05) is 159 Å². The number of hydrogen-bond acceptors (Lipinski definition) is 23. The number of aliphatic hydroxyl groups excluding tert-OH is 1. The van der Waals surface area contributed by atoms with Crippen LogP contribution in [0.25, 0.3) is 0 Å². The smallest absolute Gasteiger partial charge is 1.00 e. The summed E-state index contributed by atoms with van der Waals surface area (Å²) in [4.78, 5) is 97.9. The number of hydrogen-bond donors (Lipinski definition) is 6. The topological polar surface area (TPSA) is 333 Å². The van der Waals surface area contributed by atoms with Crippen molar-refractivity contribution in [2.75, 3.05) is 63.0 Å². The van der Waals surface area contributed by atoms with E-state index >= 15 is 0 Å². The molecule has 3 unspecified atom stereocenters. The minimum absolute atomic E-state index is 0. The number of nitrogens with zero attached hydrogens (tertiary/aromatic N) is 9. The Morgan fingerprint density at radius 2 is 0.963 bits per heavy atom. The molecule has 5 aromatic carbocycles. The monoisotopic (exact) mass is 2070 g/mol. The fraction of sp³-hybridized carbons (Fsp3) is 0.569. The third kappa shape index (κ3) is 31.1. The van der Waals surface area contributed by atoms with E-state index in [-0.39, 0.29) is 166 Å². The Balaban J connectivity index is 0.000000342. The average molecular weight is 2070 g/mol. The zero-order valence-electron chi connectivity index (χ0n) is 81.2. The van der Waals surface area contributed by atoms with Crippen molar-refractivity contribution in [2.45, 2.75) is 312 Å². The minimum atomic E-state index is -1.23. The van der Waals surface area contributed by atoms with Crippen LogP contribution >= 0.6 is 27.4 Å². The summed E-state index contributed by atoms with van der Waals surface area (Å²) >= 11 is 6.21. The van der Waals surface area contributed by atoms with Crippen molar-refractivity contribution in [2.24, 2.45) is 11.8 Å². The van der Waals surface area contributed by atoms with Gasteiger partial charge in [-0.05, 0) is 186 Å². The predicted octanol–water partition coefficient (Wildman–Crippen LogP) is 15.9. The molecule has 0 bridgehead atoms. The van der Waals surface area contributed by atoms with Gasteiger partial charge in [-0.2, -0.15) is 9.97 Å². The zero-order chi connectivity index (χ0) is 94.8. The molecule has 0 saturated carbocycles. The molecule has 0 spiro atoms. The van der Waals surface area contributed by atoms with Crippen molar-refractivity contribution in [1.82, 2.24) is 48.5 Å². The van der Waals surface area contributed by atoms with E-state index < -0.39 is 80.2 Å². The van der Waals surface area contributed by atoms with Gasteiger partial charge >= 0.3 is 46.6 Å². The quantitative estimate of drug-likeness (QED) is 0.0128. The number of aromatic nitrogens is 4. The summed E-state index contributed by atoms with van der Waals surface area (Å²) in [6, 6.07) is 52.6. The van der Waals surface area contributed by atoms with E-state index in [1.165, 1.54) is 51.8 Å². The van der Waals surface area contributed by atoms with Gasteiger partial charge in [0.2, 0.25) is 19.5 Å². The molecule has 0 radical (unpaired) electrons. The van der Waals surface area contributed by atoms with Gasteiger partial charge < -0.3 is 105 Å². The van der Waals surface area contributed by atoms with Crippen molar-refractivity contribution in [3.63, 3.8) is 0 Å². The van der Waals surface area contributed by atoms with Crippen LogP contribution in [-0.4, -0.2) is 229 Å². The van der Waals surface area contributed by atoms with Crippen molar-refractivity contribution >= 4 is 91.9 Å². The number of fused-ring (bicyclic) bond motifs is 2. The van der Waals surface area contributed by atoms with Crippen LogP contribution in [0.2, 0.25) is 0 Å². The first-order valence-corrected chi connectivity index (χ1v) is 49.2. The second kappa shape index (κ2) is 54.4. The number of likely N-dealkylation sites (tertiary alicyclic amines) is 2. The third-order valence-corrected chi connectivity index (χ3v) is 29.1. The van der Waals surface area contributed by atoms with Gasteiger partial charge in [0.15, 0.2) is 5.78 Å². The summed E-state index contributed by atoms with van der Waals surface area (Å²) in [7, 11) is -2.11. The SMILES string of the molecule is C.C.C.CC(C)(C)OC(=O)N1CC[C@H]1C(=O)c1ccccc1.CC(C)(C)OC(=O)N1CC[C@H]1[C@](C)(O)c1ccccc1.CCN(CC)CC.CC[C@H]1O[C@@H](n2ccc(NC(=O)C(C)C)nc2=O)CC1O.CC[C@H]1O[C@@H](n2ccc(NC(=O)C(C)C)nc2=O)CC1O[P@@]1O[C@](C)(c2ccccc2)[C@@H]2CCN21.C[C@@](O)(c1ccccc1)[C@@H]1CCN1.C[C@]1(c2ccccc2)OP(Cl)N2CC[C@H]21.[CH3-].[I-].[Mg+2]. The van der Waals surface area contributed by atoms with Gasteiger partial charge in [-0.15, -0.1) is 0 Å². The number of amides is 4. The third-order valence-electron chi connectivity index (χ3n) is 25.0. The molecule has 9 fully saturated rings. The number of Topliss-reactive ketones (excluding diaryl/α,β-unsaturated/α-hetero) is 1. The summed E-state index contributed by atoms with van der Waals surface area (Å²) < 4.78 is 49.1. The number of rotatable bonds is 21. The fourth-order valence-electron chi connectivity index (χ4n) is 16.5. The Hall–Kier alpha value is -6.82. The maximum Gasteiger partial charge on any atom is 2.00 e. The number of anilines is 2. The number of ketones is 1. The van der Waals surface area contributed by atoms with E-state index in [0.717, 1.165) is 62.0 Å². The molecule has 9 aliphatic rings. The summed E-state index contributed by atoms with van der Waals surface area (Å²) in [5.41, 5.74) is 0.448. The van der Waals surface area contributed by atoms with Gasteiger partial charge in [-0.25, -0.2) is 28.5 Å². The molecule has 17 atom stereocenters. The number of halogens is 2. The Bertz CT molecular complexity index is 4930. The second-order valence-corrected chi connectivity index (χ2v) is 40.6. The van der Waals surface area contributed by atoms with E-state index in [1.54, 1.807) is 70.0 Å². The zero-order valence-corrected chi connectivity index (χ0v) is 87.3. The standard InChI is InChI=1S/C25H33N4O5P.C16H23NO3.C15H19NO3.C14H21N3O4.C11H13ClNOP.C11H15NO.C6H15N.3CH4.CH3.HI.Mg/c1-5-18-19(15-22(32-18)28-13-12-21(27-24(28)31)26-23(30)16(2)3)33-35-29-14-11-20(29)25(4,34-35)17-9-7-6-8-10-17;1-15(2,3)20-14(18)17-11-10-13(17)16(4,19)12-8-6-5-7-9-12;1-15(2,3)19-14(18)16-10-9-12(16)13(17)11-7-5-4-6-8-11;1-4-10-9(18)7-12(21-10)17-6-5-11(16-14(17)20)15-13(19)8(2)3;1-11(9-5-3-2-4-6-9)10-7-8-13(10)15(12)14-11;1-11(13,10-7-8-12-10)9-5-3-2-4-6-9;1-4-7(5-2)6-3;;;;;;/h6-10,12-13,16,18-20,22H,5,11,14-15H2,1-4H3,(H,26,27,30,31);5-9,13,19H,10-11H2,1-4H3;4-8,12H,9-10H2,1-3H3;5-6,8-10,12,18H,4,7H2,1-3H3,(H,15,16,19,20);2-6,10H,7-8H2,1H3;2-6,10,12-13H,7-8H2,1H3;4-6H2,1-3H3;3*1H4;1H3;1H;/q;;;;;;;;;;-1;;+2/p-1/t18-,19?,20+,22-,25-,35+;13-,16+;12-;9?,10-,12-;10-,11+,15?;10-,11+;;;;;;;/m100100......./s1. The van der Waals surface area contributed by atoms with Crippen LogP contribution in [-0.2, 0) is 64.5 Å². The van der Waals surface area contributed by atoms with Gasteiger partial charge in [-0.3, -0.25) is 28.4 Å². The van der Waals surface area contributed by atoms with E-state index in [9.17, 15) is 48.9 Å². The molecule has 16 rings (SSSR count).